The summed E-state index contributed by atoms with van der Waals surface area (Å²) in [6, 6.07) is 2.78. The van der Waals surface area contributed by atoms with Crippen LogP contribution in [0.1, 0.15) is 6.92 Å². The van der Waals surface area contributed by atoms with Crippen molar-refractivity contribution >= 4 is 25.7 Å². The molecule has 0 fully saturated rings. The molecule has 0 bridgehead atoms. The molecule has 0 spiro atoms. The van der Waals surface area contributed by atoms with E-state index in [0.29, 0.717) is 0 Å². The smallest absolute Gasteiger partial charge is 0.240 e. The van der Waals surface area contributed by atoms with E-state index in [4.69, 9.17) is 5.14 Å². The van der Waals surface area contributed by atoms with Gasteiger partial charge >= 0.3 is 0 Å². The second-order valence-electron chi connectivity index (χ2n) is 3.20. The number of rotatable bonds is 4. The quantitative estimate of drug-likeness (QED) is 0.824. The lowest BCUT2D eigenvalue weighted by molar-refractivity contribution is 0.568. The summed E-state index contributed by atoms with van der Waals surface area (Å²) in [5.41, 5.74) is -0.0586. The Morgan fingerprint density at radius 2 is 1.88 bits per heavy atom. The van der Waals surface area contributed by atoms with Gasteiger partial charge in [0.1, 0.15) is 10.7 Å². The molecule has 9 heteroatoms. The zero-order valence-electron chi connectivity index (χ0n) is 8.84. The Bertz CT molecular complexity index is 625. The predicted molar refractivity (Wildman–Crippen MR) is 60.9 cm³/mol. The molecule has 0 aliphatic heterocycles. The number of anilines is 1. The minimum atomic E-state index is -4.15. The molecule has 96 valence electrons. The molecule has 0 aliphatic carbocycles. The van der Waals surface area contributed by atoms with Crippen LogP contribution in [0.25, 0.3) is 0 Å². The number of hydrogen-bond donors (Lipinski definition) is 2. The van der Waals surface area contributed by atoms with Crippen LogP contribution in [0.15, 0.2) is 23.1 Å². The maximum atomic E-state index is 13.3. The maximum Gasteiger partial charge on any atom is 0.240 e. The second kappa shape index (κ2) is 4.59. The van der Waals surface area contributed by atoms with Gasteiger partial charge in [0.05, 0.1) is 11.4 Å². The fourth-order valence-corrected chi connectivity index (χ4v) is 2.27. The Balaban J connectivity index is 3.15. The van der Waals surface area contributed by atoms with Gasteiger partial charge < -0.3 is 0 Å². The summed E-state index contributed by atoms with van der Waals surface area (Å²) >= 11 is 0. The van der Waals surface area contributed by atoms with Gasteiger partial charge in [0.2, 0.25) is 20.0 Å². The summed E-state index contributed by atoms with van der Waals surface area (Å²) in [7, 11) is -7.69. The average molecular weight is 282 g/mol. The summed E-state index contributed by atoms with van der Waals surface area (Å²) in [4.78, 5) is -0.683. The Morgan fingerprint density at radius 3 is 2.29 bits per heavy atom. The van der Waals surface area contributed by atoms with E-state index < -0.39 is 30.8 Å². The van der Waals surface area contributed by atoms with E-state index in [1.807, 2.05) is 0 Å². The zero-order chi connectivity index (χ0) is 13.3. The molecule has 1 aromatic carbocycles. The zero-order valence-corrected chi connectivity index (χ0v) is 10.5. The van der Waals surface area contributed by atoms with Crippen molar-refractivity contribution in [1.82, 2.24) is 0 Å². The Morgan fingerprint density at radius 1 is 1.29 bits per heavy atom. The first-order valence-electron chi connectivity index (χ1n) is 4.48. The number of benzene rings is 1. The molecule has 0 saturated carbocycles. The molecule has 17 heavy (non-hydrogen) atoms. The normalized spacial score (nSPS) is 12.4. The predicted octanol–water partition coefficient (Wildman–Crippen LogP) is 0.235. The van der Waals surface area contributed by atoms with Gasteiger partial charge in [-0.25, -0.2) is 26.4 Å². The third-order valence-electron chi connectivity index (χ3n) is 1.89. The monoisotopic (exact) mass is 282 g/mol. The largest absolute Gasteiger partial charge is 0.283 e. The van der Waals surface area contributed by atoms with Crippen LogP contribution in [0.5, 0.6) is 0 Å². The average Bonchev–Trinajstić information content (AvgIpc) is 2.15. The van der Waals surface area contributed by atoms with Crippen LogP contribution in [-0.2, 0) is 20.0 Å². The van der Waals surface area contributed by atoms with E-state index in [0.717, 1.165) is 18.2 Å². The van der Waals surface area contributed by atoms with Gasteiger partial charge in [-0.1, -0.05) is 0 Å². The lowest BCUT2D eigenvalue weighted by Crippen LogP contribution is -2.16. The van der Waals surface area contributed by atoms with E-state index in [-0.39, 0.29) is 11.4 Å². The van der Waals surface area contributed by atoms with Crippen LogP contribution in [0.4, 0.5) is 10.1 Å². The molecule has 6 nitrogen and oxygen atoms in total. The Kier molecular flexibility index (Phi) is 3.74. The summed E-state index contributed by atoms with van der Waals surface area (Å²) in [6.45, 7) is 1.41. The highest BCUT2D eigenvalue weighted by Gasteiger charge is 2.15. The molecule has 0 aliphatic rings. The van der Waals surface area contributed by atoms with Crippen LogP contribution in [0.3, 0.4) is 0 Å². The molecule has 0 radical (unpaired) electrons. The van der Waals surface area contributed by atoms with Crippen molar-refractivity contribution in [2.45, 2.75) is 11.8 Å². The Labute approximate surface area is 98.7 Å². The lowest BCUT2D eigenvalue weighted by Gasteiger charge is -2.07. The number of nitrogens with two attached hydrogens (primary N) is 1. The van der Waals surface area contributed by atoms with Crippen molar-refractivity contribution in [3.05, 3.63) is 24.0 Å². The molecule has 0 saturated heterocycles. The molecule has 0 atom stereocenters. The number of sulfonamides is 2. The second-order valence-corrected chi connectivity index (χ2v) is 6.74. The van der Waals surface area contributed by atoms with Crippen molar-refractivity contribution in [2.75, 3.05) is 10.5 Å². The van der Waals surface area contributed by atoms with Crippen molar-refractivity contribution in [2.24, 2.45) is 5.14 Å². The van der Waals surface area contributed by atoms with Gasteiger partial charge in [-0.15, -0.1) is 0 Å². The summed E-state index contributed by atoms with van der Waals surface area (Å²) in [6.07, 6.45) is 0. The number of halogens is 1. The highest BCUT2D eigenvalue weighted by Crippen LogP contribution is 2.18. The molecule has 0 amide bonds. The molecule has 3 N–H and O–H groups in total. The van der Waals surface area contributed by atoms with Crippen molar-refractivity contribution in [1.29, 1.82) is 0 Å². The van der Waals surface area contributed by atoms with Gasteiger partial charge in [-0.05, 0) is 25.1 Å². The fraction of sp³-hybridized carbons (Fsp3) is 0.250. The molecule has 0 heterocycles. The minimum absolute atomic E-state index is 0.0586. The molecule has 0 aromatic heterocycles. The third-order valence-corrected chi connectivity index (χ3v) is 4.14. The number of primary sulfonamides is 1. The summed E-state index contributed by atoms with van der Waals surface area (Å²) in [5.74, 6) is -1.28. The molecule has 1 aromatic rings. The van der Waals surface area contributed by atoms with Crippen LogP contribution in [0, 0.1) is 5.82 Å². The SMILES string of the molecule is CCS(=O)(=O)Nc1ccc(S(N)(=O)=O)c(F)c1. The van der Waals surface area contributed by atoms with E-state index >= 15 is 0 Å². The topological polar surface area (TPSA) is 106 Å². The highest BCUT2D eigenvalue weighted by atomic mass is 32.2. The first-order chi connectivity index (χ1) is 7.65. The molecule has 1 rings (SSSR count). The van der Waals surface area contributed by atoms with E-state index in [1.54, 1.807) is 0 Å². The minimum Gasteiger partial charge on any atom is -0.283 e. The van der Waals surface area contributed by atoms with Crippen LogP contribution < -0.4 is 9.86 Å². The van der Waals surface area contributed by atoms with Crippen molar-refractivity contribution in [3.8, 4) is 0 Å². The van der Waals surface area contributed by atoms with Gasteiger partial charge in [0, 0.05) is 0 Å². The first kappa shape index (κ1) is 13.9. The highest BCUT2D eigenvalue weighted by molar-refractivity contribution is 7.92. The fourth-order valence-electron chi connectivity index (χ4n) is 1.05. The lowest BCUT2D eigenvalue weighted by atomic mass is 10.3. The van der Waals surface area contributed by atoms with E-state index in [9.17, 15) is 21.2 Å². The van der Waals surface area contributed by atoms with Crippen LogP contribution >= 0.6 is 0 Å². The molecule has 0 unspecified atom stereocenters. The van der Waals surface area contributed by atoms with E-state index in [1.165, 1.54) is 6.92 Å². The van der Waals surface area contributed by atoms with Crippen molar-refractivity contribution in [3.63, 3.8) is 0 Å². The number of nitrogens with one attached hydrogen (secondary N) is 1. The summed E-state index contributed by atoms with van der Waals surface area (Å²) in [5, 5.41) is 4.75. The van der Waals surface area contributed by atoms with Gasteiger partial charge in [-0.3, -0.25) is 4.72 Å². The molecular weight excluding hydrogens is 271 g/mol. The van der Waals surface area contributed by atoms with Crippen LogP contribution in [-0.4, -0.2) is 22.6 Å². The van der Waals surface area contributed by atoms with Gasteiger partial charge in [-0.2, -0.15) is 0 Å². The molecular formula is C8H11FN2O4S2. The van der Waals surface area contributed by atoms with Gasteiger partial charge in [0.15, 0.2) is 0 Å². The van der Waals surface area contributed by atoms with E-state index in [2.05, 4.69) is 4.72 Å². The summed E-state index contributed by atoms with van der Waals surface area (Å²) < 4.78 is 59.6. The standard InChI is InChI=1S/C8H11FN2O4S2/c1-2-16(12,13)11-6-3-4-8(7(9)5-6)17(10,14)15/h3-5,11H,2H2,1H3,(H2,10,14,15). The first-order valence-corrected chi connectivity index (χ1v) is 7.68. The third kappa shape index (κ3) is 3.65. The van der Waals surface area contributed by atoms with Crippen molar-refractivity contribution < 1.29 is 21.2 Å². The maximum absolute atomic E-state index is 13.3. The van der Waals surface area contributed by atoms with Crippen LogP contribution in [0.2, 0.25) is 0 Å². The van der Waals surface area contributed by atoms with Gasteiger partial charge in [0.25, 0.3) is 0 Å². The number of hydrogen-bond acceptors (Lipinski definition) is 4. The Hall–Kier alpha value is -1.19.